The first-order valence-corrected chi connectivity index (χ1v) is 11.9. The number of aromatic nitrogens is 3. The van der Waals surface area contributed by atoms with Crippen molar-refractivity contribution < 1.29 is 24.2 Å². The minimum absolute atomic E-state index is 0. The molecule has 0 unspecified atom stereocenters. The van der Waals surface area contributed by atoms with Crippen LogP contribution in [-0.4, -0.2) is 67.9 Å². The average molecular weight is 513 g/mol. The number of amides is 2. The number of fused-ring (bicyclic) bond motifs is 1. The van der Waals surface area contributed by atoms with Gasteiger partial charge in [0.05, 0.1) is 24.9 Å². The van der Waals surface area contributed by atoms with E-state index >= 15 is 0 Å². The highest BCUT2D eigenvalue weighted by atomic mass is 16.6. The first kappa shape index (κ1) is 28.0. The molecule has 0 saturated carbocycles. The topological polar surface area (TPSA) is 144 Å². The fourth-order valence-electron chi connectivity index (χ4n) is 3.81. The highest BCUT2D eigenvalue weighted by Crippen LogP contribution is 2.18. The van der Waals surface area contributed by atoms with Gasteiger partial charge in [0.25, 0.3) is 0 Å². The molecular weight excluding hydrogens is 476 g/mol. The van der Waals surface area contributed by atoms with E-state index in [0.717, 1.165) is 5.56 Å². The van der Waals surface area contributed by atoms with E-state index in [0.29, 0.717) is 36.6 Å². The Balaban J connectivity index is 0.00000380. The Hall–Kier alpha value is -3.54. The van der Waals surface area contributed by atoms with Gasteiger partial charge in [-0.3, -0.25) is 9.20 Å². The molecule has 3 aromatic rings. The number of carbonyl (C=O) groups excluding carboxylic acids is 2. The second-order valence-corrected chi connectivity index (χ2v) is 9.52. The number of rotatable bonds is 9. The molecule has 2 aromatic heterocycles. The summed E-state index contributed by atoms with van der Waals surface area (Å²) in [5, 5.41) is 21.1. The van der Waals surface area contributed by atoms with E-state index < -0.39 is 23.8 Å². The van der Waals surface area contributed by atoms with E-state index in [9.17, 15) is 14.7 Å². The van der Waals surface area contributed by atoms with Crippen LogP contribution in [0.5, 0.6) is 0 Å². The molecule has 1 aliphatic heterocycles. The predicted molar refractivity (Wildman–Crippen MR) is 137 cm³/mol. The molecule has 1 fully saturated rings. The van der Waals surface area contributed by atoms with Crippen LogP contribution in [0, 0.1) is 0 Å². The van der Waals surface area contributed by atoms with Gasteiger partial charge in [-0.25, -0.2) is 4.79 Å². The van der Waals surface area contributed by atoms with Crippen LogP contribution in [0.15, 0.2) is 48.7 Å². The Bertz CT molecular complexity index is 1190. The zero-order valence-corrected chi connectivity index (χ0v) is 20.5. The largest absolute Gasteiger partial charge is 0.444 e. The average Bonchev–Trinajstić information content (AvgIpc) is 3.48. The molecule has 0 bridgehead atoms. The van der Waals surface area contributed by atoms with Gasteiger partial charge in [0.1, 0.15) is 12.6 Å². The Morgan fingerprint density at radius 3 is 2.59 bits per heavy atom. The van der Waals surface area contributed by atoms with Gasteiger partial charge in [-0.05, 0) is 31.9 Å². The molecule has 2 amide bonds. The lowest BCUT2D eigenvalue weighted by Gasteiger charge is -2.23. The molecule has 200 valence electrons. The van der Waals surface area contributed by atoms with Crippen molar-refractivity contribution in [2.45, 2.75) is 58.6 Å². The number of β-amino-alcohol motifs (C(OH)–C–C–N with tert-alkyl or cyclic N) is 1. The number of likely N-dealkylation sites (tertiary alicyclic amines) is 1. The van der Waals surface area contributed by atoms with Crippen LogP contribution < -0.4 is 11.1 Å². The van der Waals surface area contributed by atoms with Crippen LogP contribution in [0.25, 0.3) is 5.65 Å². The third-order valence-corrected chi connectivity index (χ3v) is 5.87. The van der Waals surface area contributed by atoms with Crippen molar-refractivity contribution in [3.8, 4) is 0 Å². The number of nitrogens with one attached hydrogen (secondary N) is 1. The highest BCUT2D eigenvalue weighted by Gasteiger charge is 2.28. The Labute approximate surface area is 216 Å². The standard InChI is InChI=1S/C25H32N6O5.CH4/c1-25(2,26)23(33)27-20(16-35-14-17-6-4-3-5-7-17)22-29-28-21-9-8-18(12-31(21)22)15-36-24(34)30-11-10-19(32)13-30;/h3-9,12,19-20,32H,10-11,13-16,26H2,1-2H3,(H,27,33);1H4/t19-,20-;/m1./s1. The monoisotopic (exact) mass is 512 g/mol. The lowest BCUT2D eigenvalue weighted by molar-refractivity contribution is -0.126. The summed E-state index contributed by atoms with van der Waals surface area (Å²) in [6.45, 7) is 4.54. The maximum absolute atomic E-state index is 12.7. The quantitative estimate of drug-likeness (QED) is 0.396. The number of carbonyl (C=O) groups is 2. The molecule has 3 heterocycles. The first-order valence-electron chi connectivity index (χ1n) is 11.9. The predicted octanol–water partition coefficient (Wildman–Crippen LogP) is 2.18. The fraction of sp³-hybridized carbons (Fsp3) is 0.462. The zero-order valence-electron chi connectivity index (χ0n) is 20.5. The molecule has 1 aromatic carbocycles. The van der Waals surface area contributed by atoms with Crippen molar-refractivity contribution in [2.24, 2.45) is 5.73 Å². The summed E-state index contributed by atoms with van der Waals surface area (Å²) in [7, 11) is 0. The maximum atomic E-state index is 12.7. The summed E-state index contributed by atoms with van der Waals surface area (Å²) in [6, 6.07) is 12.6. The summed E-state index contributed by atoms with van der Waals surface area (Å²) in [5.41, 5.74) is 7.19. The molecule has 0 aliphatic carbocycles. The van der Waals surface area contributed by atoms with Crippen LogP contribution in [0.2, 0.25) is 0 Å². The lowest BCUT2D eigenvalue weighted by Crippen LogP contribution is -2.50. The van der Waals surface area contributed by atoms with Gasteiger partial charge in [-0.15, -0.1) is 10.2 Å². The summed E-state index contributed by atoms with van der Waals surface area (Å²) in [5.74, 6) is 0.108. The summed E-state index contributed by atoms with van der Waals surface area (Å²) < 4.78 is 13.1. The van der Waals surface area contributed by atoms with Crippen LogP contribution in [0.3, 0.4) is 0 Å². The van der Waals surface area contributed by atoms with Crippen molar-refractivity contribution in [3.63, 3.8) is 0 Å². The maximum Gasteiger partial charge on any atom is 0.410 e. The third-order valence-electron chi connectivity index (χ3n) is 5.87. The summed E-state index contributed by atoms with van der Waals surface area (Å²) in [6.07, 6.45) is 1.33. The van der Waals surface area contributed by atoms with Gasteiger partial charge >= 0.3 is 6.09 Å². The van der Waals surface area contributed by atoms with E-state index in [2.05, 4.69) is 15.5 Å². The molecule has 1 aliphatic rings. The summed E-state index contributed by atoms with van der Waals surface area (Å²) >= 11 is 0. The number of ether oxygens (including phenoxy) is 2. The SMILES string of the molecule is C.CC(C)(N)C(=O)N[C@H](COCc1ccccc1)c1nnc2ccc(COC(=O)N3CC[C@@H](O)C3)cn12. The number of pyridine rings is 1. The molecule has 4 rings (SSSR count). The minimum Gasteiger partial charge on any atom is -0.444 e. The number of aliphatic hydroxyl groups excluding tert-OH is 1. The molecule has 4 N–H and O–H groups in total. The lowest BCUT2D eigenvalue weighted by atomic mass is 10.1. The molecular formula is C26H36N6O5. The van der Waals surface area contributed by atoms with Crippen LogP contribution in [0.1, 0.15) is 50.7 Å². The van der Waals surface area contributed by atoms with Crippen molar-refractivity contribution in [3.05, 3.63) is 65.6 Å². The van der Waals surface area contributed by atoms with Gasteiger partial charge in [0, 0.05) is 24.8 Å². The summed E-state index contributed by atoms with van der Waals surface area (Å²) in [4.78, 5) is 26.5. The van der Waals surface area contributed by atoms with Crippen molar-refractivity contribution in [1.29, 1.82) is 0 Å². The molecule has 37 heavy (non-hydrogen) atoms. The van der Waals surface area contributed by atoms with Gasteiger partial charge in [0.15, 0.2) is 11.5 Å². The second kappa shape index (κ2) is 12.1. The van der Waals surface area contributed by atoms with E-state index in [1.807, 2.05) is 30.3 Å². The normalized spacial score (nSPS) is 16.3. The first-order chi connectivity index (χ1) is 17.2. The fourth-order valence-corrected chi connectivity index (χ4v) is 3.81. The van der Waals surface area contributed by atoms with E-state index in [1.165, 1.54) is 4.90 Å². The minimum atomic E-state index is -1.10. The van der Waals surface area contributed by atoms with Gasteiger partial charge in [-0.1, -0.05) is 43.8 Å². The third kappa shape index (κ3) is 7.25. The van der Waals surface area contributed by atoms with Crippen molar-refractivity contribution in [1.82, 2.24) is 24.8 Å². The highest BCUT2D eigenvalue weighted by molar-refractivity contribution is 5.85. The van der Waals surface area contributed by atoms with Gasteiger partial charge in [0.2, 0.25) is 5.91 Å². The number of aliphatic hydroxyl groups is 1. The van der Waals surface area contributed by atoms with Gasteiger partial charge < -0.3 is 30.5 Å². The molecule has 0 radical (unpaired) electrons. The molecule has 11 nitrogen and oxygen atoms in total. The van der Waals surface area contributed by atoms with E-state index in [-0.39, 0.29) is 33.1 Å². The van der Waals surface area contributed by atoms with E-state index in [1.54, 1.807) is 36.6 Å². The number of hydrogen-bond acceptors (Lipinski definition) is 8. The zero-order chi connectivity index (χ0) is 25.7. The van der Waals surface area contributed by atoms with Crippen LogP contribution in [-0.2, 0) is 27.5 Å². The number of nitrogens with zero attached hydrogens (tertiary/aromatic N) is 4. The number of benzene rings is 1. The van der Waals surface area contributed by atoms with Crippen LogP contribution in [0.4, 0.5) is 4.79 Å². The Morgan fingerprint density at radius 1 is 1.16 bits per heavy atom. The van der Waals surface area contributed by atoms with Crippen molar-refractivity contribution in [2.75, 3.05) is 19.7 Å². The number of nitrogens with two attached hydrogens (primary N) is 1. The smallest absolute Gasteiger partial charge is 0.410 e. The van der Waals surface area contributed by atoms with E-state index in [4.69, 9.17) is 15.2 Å². The Kier molecular flexibility index (Phi) is 9.19. The van der Waals surface area contributed by atoms with Crippen molar-refractivity contribution >= 4 is 17.6 Å². The molecule has 11 heteroatoms. The second-order valence-electron chi connectivity index (χ2n) is 9.52. The number of hydrogen-bond donors (Lipinski definition) is 3. The molecule has 2 atom stereocenters. The Morgan fingerprint density at radius 2 is 1.92 bits per heavy atom. The van der Waals surface area contributed by atoms with Gasteiger partial charge in [-0.2, -0.15) is 0 Å². The molecule has 1 saturated heterocycles. The van der Waals surface area contributed by atoms with Crippen LogP contribution >= 0.6 is 0 Å². The molecule has 0 spiro atoms.